The first-order valence-electron chi connectivity index (χ1n) is 9.53. The van der Waals surface area contributed by atoms with Gasteiger partial charge in [0.25, 0.3) is 0 Å². The molecule has 140 valence electrons. The van der Waals surface area contributed by atoms with Crippen molar-refractivity contribution in [3.8, 4) is 0 Å². The first kappa shape index (κ1) is 18.8. The molecule has 3 rings (SSSR count). The number of aromatic nitrogens is 2. The number of aryl methyl sites for hydroxylation is 2. The summed E-state index contributed by atoms with van der Waals surface area (Å²) in [5.74, 6) is 0.691. The van der Waals surface area contributed by atoms with Crippen molar-refractivity contribution in [3.05, 3.63) is 53.1 Å². The van der Waals surface area contributed by atoms with E-state index in [9.17, 15) is 5.11 Å². The van der Waals surface area contributed by atoms with Gasteiger partial charge >= 0.3 is 0 Å². The van der Waals surface area contributed by atoms with Crippen molar-refractivity contribution in [3.63, 3.8) is 0 Å². The first-order chi connectivity index (χ1) is 12.5. The van der Waals surface area contributed by atoms with Crippen molar-refractivity contribution < 1.29 is 5.11 Å². The summed E-state index contributed by atoms with van der Waals surface area (Å²) in [5, 5.41) is 12.5. The highest BCUT2D eigenvalue weighted by atomic mass is 16.3. The third-order valence-electron chi connectivity index (χ3n) is 4.85. The molecule has 2 aromatic heterocycles. The number of aliphatic hydroxyl groups is 1. The number of hydrogen-bond donors (Lipinski definition) is 2. The van der Waals surface area contributed by atoms with E-state index in [1.807, 2.05) is 6.20 Å². The zero-order chi connectivity index (χ0) is 18.5. The Morgan fingerprint density at radius 2 is 1.96 bits per heavy atom. The zero-order valence-corrected chi connectivity index (χ0v) is 16.1. The maximum absolute atomic E-state index is 9.48. The number of nitrogens with zero attached hydrogens (tertiary/aromatic N) is 3. The van der Waals surface area contributed by atoms with Crippen molar-refractivity contribution in [1.82, 2.24) is 14.9 Å². The van der Waals surface area contributed by atoms with Crippen LogP contribution in [0.4, 0.5) is 5.69 Å². The minimum absolute atomic E-state index is 0.571. The Morgan fingerprint density at radius 1 is 1.19 bits per heavy atom. The summed E-state index contributed by atoms with van der Waals surface area (Å²) in [6.45, 7) is 9.03. The quantitative estimate of drug-likeness (QED) is 0.780. The number of pyridine rings is 2. The van der Waals surface area contributed by atoms with E-state index >= 15 is 0 Å². The van der Waals surface area contributed by atoms with E-state index in [0.29, 0.717) is 5.92 Å². The molecule has 1 saturated heterocycles. The molecule has 1 aliphatic rings. The molecule has 1 unspecified atom stereocenters. The molecule has 0 bridgehead atoms. The predicted molar refractivity (Wildman–Crippen MR) is 105 cm³/mol. The minimum atomic E-state index is -0.571. The van der Waals surface area contributed by atoms with Crippen molar-refractivity contribution in [2.75, 3.05) is 18.4 Å². The van der Waals surface area contributed by atoms with Crippen molar-refractivity contribution >= 4 is 5.69 Å². The molecule has 2 aromatic rings. The minimum Gasteiger partial charge on any atom is -0.374 e. The predicted octanol–water partition coefficient (Wildman–Crippen LogP) is 3.30. The van der Waals surface area contributed by atoms with Crippen LogP contribution in [-0.4, -0.2) is 39.3 Å². The molecule has 5 nitrogen and oxygen atoms in total. The van der Waals surface area contributed by atoms with E-state index < -0.39 is 6.23 Å². The number of aliphatic hydroxyl groups excluding tert-OH is 1. The zero-order valence-electron chi connectivity index (χ0n) is 16.1. The lowest BCUT2D eigenvalue weighted by atomic mass is 9.91. The van der Waals surface area contributed by atoms with Gasteiger partial charge in [0.2, 0.25) is 0 Å². The second kappa shape index (κ2) is 8.60. The monoisotopic (exact) mass is 354 g/mol. The lowest BCUT2D eigenvalue weighted by Crippen LogP contribution is -2.35. The van der Waals surface area contributed by atoms with Gasteiger partial charge in [-0.3, -0.25) is 14.9 Å². The highest BCUT2D eigenvalue weighted by Crippen LogP contribution is 2.23. The Balaban J connectivity index is 1.60. The number of piperidine rings is 1. The Labute approximate surface area is 156 Å². The van der Waals surface area contributed by atoms with Gasteiger partial charge in [-0.2, -0.15) is 0 Å². The van der Waals surface area contributed by atoms with Crippen LogP contribution in [0.3, 0.4) is 0 Å². The summed E-state index contributed by atoms with van der Waals surface area (Å²) in [5.41, 5.74) is 5.69. The Kier molecular flexibility index (Phi) is 6.22. The fraction of sp³-hybridized carbons (Fsp3) is 0.524. The van der Waals surface area contributed by atoms with Gasteiger partial charge < -0.3 is 10.4 Å². The third-order valence-corrected chi connectivity index (χ3v) is 4.85. The van der Waals surface area contributed by atoms with Crippen LogP contribution in [-0.2, 0) is 13.0 Å². The van der Waals surface area contributed by atoms with Crippen LogP contribution in [0.2, 0.25) is 0 Å². The Morgan fingerprint density at radius 3 is 2.69 bits per heavy atom. The van der Waals surface area contributed by atoms with Gasteiger partial charge in [-0.1, -0.05) is 0 Å². The standard InChI is InChI=1S/C21H30N4O/c1-15-7-19(8-16(2)23-15)9-18-5-4-6-25(13-18)14-20-10-21(12-22-11-20)24-17(3)26/h7-8,10-12,17-18,24,26H,4-6,9,13-14H2,1-3H3/t17?,18-/m1/s1. The van der Waals surface area contributed by atoms with E-state index in [-0.39, 0.29) is 0 Å². The third kappa shape index (κ3) is 5.51. The molecule has 2 N–H and O–H groups in total. The SMILES string of the molecule is Cc1cc(C[C@H]2CCCN(Cc3cncc(NC(C)O)c3)C2)cc(C)n1. The van der Waals surface area contributed by atoms with Crippen LogP contribution in [0.5, 0.6) is 0 Å². The summed E-state index contributed by atoms with van der Waals surface area (Å²) in [6.07, 6.45) is 6.77. The molecule has 0 saturated carbocycles. The number of anilines is 1. The van der Waals surface area contributed by atoms with Crippen LogP contribution in [0.1, 0.15) is 42.3 Å². The molecule has 5 heteroatoms. The van der Waals surface area contributed by atoms with Crippen LogP contribution in [0.25, 0.3) is 0 Å². The lowest BCUT2D eigenvalue weighted by Gasteiger charge is -2.33. The van der Waals surface area contributed by atoms with Crippen LogP contribution in [0, 0.1) is 19.8 Å². The van der Waals surface area contributed by atoms with Gasteiger partial charge in [0.05, 0.1) is 11.9 Å². The molecule has 1 fully saturated rings. The van der Waals surface area contributed by atoms with E-state index in [2.05, 4.69) is 52.2 Å². The fourth-order valence-corrected chi connectivity index (χ4v) is 3.99. The molecule has 0 spiro atoms. The van der Waals surface area contributed by atoms with Crippen molar-refractivity contribution in [1.29, 1.82) is 0 Å². The molecule has 0 aliphatic carbocycles. The van der Waals surface area contributed by atoms with Crippen molar-refractivity contribution in [2.45, 2.75) is 52.8 Å². The second-order valence-corrected chi connectivity index (χ2v) is 7.61. The van der Waals surface area contributed by atoms with Crippen LogP contribution in [0.15, 0.2) is 30.6 Å². The molecule has 2 atom stereocenters. The molecule has 0 radical (unpaired) electrons. The molecule has 0 aromatic carbocycles. The Hall–Kier alpha value is -1.98. The van der Waals surface area contributed by atoms with Gasteiger partial charge in [-0.25, -0.2) is 0 Å². The van der Waals surface area contributed by atoms with Crippen LogP contribution < -0.4 is 5.32 Å². The summed E-state index contributed by atoms with van der Waals surface area (Å²) in [4.78, 5) is 11.3. The summed E-state index contributed by atoms with van der Waals surface area (Å²) in [6, 6.07) is 6.53. The van der Waals surface area contributed by atoms with Gasteiger partial charge in [0.15, 0.2) is 0 Å². The molecular weight excluding hydrogens is 324 g/mol. The lowest BCUT2D eigenvalue weighted by molar-refractivity contribution is 0.167. The molecule has 3 heterocycles. The van der Waals surface area contributed by atoms with Crippen molar-refractivity contribution in [2.24, 2.45) is 5.92 Å². The molecular formula is C21H30N4O. The van der Waals surface area contributed by atoms with Gasteiger partial charge in [-0.15, -0.1) is 0 Å². The average Bonchev–Trinajstić information content (AvgIpc) is 2.54. The molecule has 1 aliphatic heterocycles. The van der Waals surface area contributed by atoms with Gasteiger partial charge in [0.1, 0.15) is 6.23 Å². The van der Waals surface area contributed by atoms with E-state index in [0.717, 1.165) is 43.1 Å². The van der Waals surface area contributed by atoms with Gasteiger partial charge in [-0.05, 0) is 81.8 Å². The first-order valence-corrected chi connectivity index (χ1v) is 9.53. The Bertz CT molecular complexity index is 711. The van der Waals surface area contributed by atoms with Gasteiger partial charge in [0, 0.05) is 30.7 Å². The smallest absolute Gasteiger partial charge is 0.121 e. The maximum atomic E-state index is 9.48. The largest absolute Gasteiger partial charge is 0.374 e. The normalized spacial score (nSPS) is 19.3. The van der Waals surface area contributed by atoms with Crippen LogP contribution >= 0.6 is 0 Å². The van der Waals surface area contributed by atoms with E-state index in [4.69, 9.17) is 0 Å². The summed E-state index contributed by atoms with van der Waals surface area (Å²) < 4.78 is 0. The fourth-order valence-electron chi connectivity index (χ4n) is 3.99. The van der Waals surface area contributed by atoms with E-state index in [1.54, 1.807) is 13.1 Å². The summed E-state index contributed by atoms with van der Waals surface area (Å²) >= 11 is 0. The highest BCUT2D eigenvalue weighted by Gasteiger charge is 2.20. The number of rotatable bonds is 6. The number of likely N-dealkylation sites (tertiary alicyclic amines) is 1. The maximum Gasteiger partial charge on any atom is 0.121 e. The number of hydrogen-bond acceptors (Lipinski definition) is 5. The number of nitrogens with one attached hydrogen (secondary N) is 1. The summed E-state index contributed by atoms with van der Waals surface area (Å²) in [7, 11) is 0. The molecule has 26 heavy (non-hydrogen) atoms. The van der Waals surface area contributed by atoms with E-state index in [1.165, 1.54) is 24.0 Å². The second-order valence-electron chi connectivity index (χ2n) is 7.61. The average molecular weight is 354 g/mol. The topological polar surface area (TPSA) is 61.3 Å². The molecule has 0 amide bonds. The highest BCUT2D eigenvalue weighted by molar-refractivity contribution is 5.43.